The lowest BCUT2D eigenvalue weighted by Crippen LogP contribution is -2.11. The van der Waals surface area contributed by atoms with Gasteiger partial charge in [0.25, 0.3) is 10.0 Å². The topological polar surface area (TPSA) is 110 Å². The number of aromatic nitrogens is 4. The smallest absolute Gasteiger partial charge is 0.271 e. The fourth-order valence-corrected chi connectivity index (χ4v) is 5.08. The summed E-state index contributed by atoms with van der Waals surface area (Å²) in [6, 6.07) is 13.9. The molecule has 4 aromatic rings. The molecule has 2 N–H and O–H groups in total. The van der Waals surface area contributed by atoms with Crippen LogP contribution in [0.3, 0.4) is 0 Å². The van der Waals surface area contributed by atoms with E-state index in [2.05, 4.69) is 25.3 Å². The summed E-state index contributed by atoms with van der Waals surface area (Å²) in [5, 5.41) is 13.4. The second-order valence-electron chi connectivity index (χ2n) is 5.90. The van der Waals surface area contributed by atoms with E-state index in [0.29, 0.717) is 33.3 Å². The maximum Gasteiger partial charge on any atom is 0.271 e. The molecule has 0 unspecified atom stereocenters. The summed E-state index contributed by atoms with van der Waals surface area (Å²) >= 11 is 1.02. The van der Waals surface area contributed by atoms with Gasteiger partial charge in [0.1, 0.15) is 15.8 Å². The van der Waals surface area contributed by atoms with Crippen molar-refractivity contribution in [3.63, 3.8) is 0 Å². The average molecular weight is 431 g/mol. The summed E-state index contributed by atoms with van der Waals surface area (Å²) in [6.07, 6.45) is 0. The maximum absolute atomic E-state index is 13.7. The van der Waals surface area contributed by atoms with E-state index < -0.39 is 15.8 Å². The van der Waals surface area contributed by atoms with Crippen LogP contribution in [-0.4, -0.2) is 36.2 Å². The van der Waals surface area contributed by atoms with Crippen molar-refractivity contribution < 1.29 is 17.5 Å². The Morgan fingerprint density at radius 1 is 1.14 bits per heavy atom. The summed E-state index contributed by atoms with van der Waals surface area (Å²) in [5.74, 6) is 0.441. The molecule has 0 aliphatic rings. The zero-order chi connectivity index (χ0) is 20.4. The number of rotatable bonds is 6. The van der Waals surface area contributed by atoms with Crippen LogP contribution in [0.25, 0.3) is 21.8 Å². The number of nitrogens with one attached hydrogen (secondary N) is 2. The molecule has 2 heterocycles. The quantitative estimate of drug-likeness (QED) is 0.483. The summed E-state index contributed by atoms with van der Waals surface area (Å²) in [7, 11) is -2.37. The predicted molar refractivity (Wildman–Crippen MR) is 107 cm³/mol. The molecule has 0 saturated carbocycles. The molecule has 4 rings (SSSR count). The first-order chi connectivity index (χ1) is 14.0. The van der Waals surface area contributed by atoms with Crippen molar-refractivity contribution in [3.05, 3.63) is 60.4 Å². The number of aromatic amines is 1. The Morgan fingerprint density at radius 2 is 2.00 bits per heavy atom. The van der Waals surface area contributed by atoms with E-state index in [9.17, 15) is 12.8 Å². The number of H-pyrrole nitrogens is 1. The molecule has 148 valence electrons. The fourth-order valence-electron chi connectivity index (χ4n) is 2.70. The van der Waals surface area contributed by atoms with Crippen LogP contribution < -0.4 is 9.46 Å². The van der Waals surface area contributed by atoms with Gasteiger partial charge in [0.15, 0.2) is 5.82 Å². The highest BCUT2D eigenvalue weighted by atomic mass is 32.2. The van der Waals surface area contributed by atoms with Gasteiger partial charge in [-0.05, 0) is 52.9 Å². The van der Waals surface area contributed by atoms with E-state index in [1.807, 2.05) is 0 Å². The first-order valence-electron chi connectivity index (χ1n) is 8.27. The van der Waals surface area contributed by atoms with Crippen molar-refractivity contribution in [1.82, 2.24) is 20.6 Å². The van der Waals surface area contributed by atoms with E-state index in [1.54, 1.807) is 30.3 Å². The molecule has 0 bridgehead atoms. The van der Waals surface area contributed by atoms with Gasteiger partial charge in [0.05, 0.1) is 7.11 Å². The van der Waals surface area contributed by atoms with Crippen LogP contribution in [-0.2, 0) is 10.0 Å². The highest BCUT2D eigenvalue weighted by Crippen LogP contribution is 2.37. The maximum atomic E-state index is 13.7. The number of anilines is 1. The van der Waals surface area contributed by atoms with Gasteiger partial charge in [-0.1, -0.05) is 12.1 Å². The third-order valence-electron chi connectivity index (χ3n) is 4.01. The predicted octanol–water partition coefficient (Wildman–Crippen LogP) is 3.54. The zero-order valence-electron chi connectivity index (χ0n) is 15.0. The molecular formula is C18H14FN5O3S2. The molecule has 29 heavy (non-hydrogen) atoms. The Kier molecular flexibility index (Phi) is 4.99. The van der Waals surface area contributed by atoms with Crippen molar-refractivity contribution >= 4 is 27.0 Å². The van der Waals surface area contributed by atoms with Crippen LogP contribution in [0.1, 0.15) is 0 Å². The molecule has 11 heteroatoms. The number of hydrogen-bond donors (Lipinski definition) is 2. The minimum Gasteiger partial charge on any atom is -0.496 e. The molecule has 0 atom stereocenters. The van der Waals surface area contributed by atoms with Gasteiger partial charge in [0, 0.05) is 21.7 Å². The SMILES string of the molecule is COc1ccc(F)cc1-c1ccc(S(=O)(=O)Nc2cccc(-c3nnn[nH]3)c2)s1. The van der Waals surface area contributed by atoms with Crippen molar-refractivity contribution in [2.24, 2.45) is 0 Å². The molecule has 0 radical (unpaired) electrons. The number of ether oxygens (including phenoxy) is 1. The number of hydrogen-bond acceptors (Lipinski definition) is 7. The van der Waals surface area contributed by atoms with E-state index in [0.717, 1.165) is 11.3 Å². The van der Waals surface area contributed by atoms with Crippen molar-refractivity contribution in [3.8, 4) is 27.6 Å². The van der Waals surface area contributed by atoms with Gasteiger partial charge < -0.3 is 4.74 Å². The first-order valence-corrected chi connectivity index (χ1v) is 10.6. The number of sulfonamides is 1. The molecule has 0 amide bonds. The monoisotopic (exact) mass is 431 g/mol. The summed E-state index contributed by atoms with van der Waals surface area (Å²) in [6.45, 7) is 0. The van der Waals surface area contributed by atoms with Crippen LogP contribution in [0.4, 0.5) is 10.1 Å². The largest absolute Gasteiger partial charge is 0.496 e. The molecule has 0 fully saturated rings. The van der Waals surface area contributed by atoms with Gasteiger partial charge in [-0.3, -0.25) is 4.72 Å². The number of thiophene rings is 1. The van der Waals surface area contributed by atoms with E-state index >= 15 is 0 Å². The highest BCUT2D eigenvalue weighted by Gasteiger charge is 2.19. The van der Waals surface area contributed by atoms with Gasteiger partial charge in [-0.15, -0.1) is 16.4 Å². The van der Waals surface area contributed by atoms with Gasteiger partial charge in [-0.2, -0.15) is 0 Å². The molecule has 0 spiro atoms. The number of benzene rings is 2. The molecular weight excluding hydrogens is 417 g/mol. The number of nitrogens with zero attached hydrogens (tertiary/aromatic N) is 3. The highest BCUT2D eigenvalue weighted by molar-refractivity contribution is 7.94. The molecule has 2 aromatic carbocycles. The third-order valence-corrected chi connectivity index (χ3v) is 7.00. The number of halogens is 1. The normalized spacial score (nSPS) is 11.4. The average Bonchev–Trinajstić information content (AvgIpc) is 3.40. The lowest BCUT2D eigenvalue weighted by atomic mass is 10.1. The summed E-state index contributed by atoms with van der Waals surface area (Å²) in [4.78, 5) is 0.572. The van der Waals surface area contributed by atoms with E-state index in [-0.39, 0.29) is 4.21 Å². The Balaban J connectivity index is 1.63. The van der Waals surface area contributed by atoms with Crippen molar-refractivity contribution in [2.45, 2.75) is 4.21 Å². The lowest BCUT2D eigenvalue weighted by Gasteiger charge is -2.08. The van der Waals surface area contributed by atoms with Gasteiger partial charge in [-0.25, -0.2) is 17.9 Å². The minimum atomic E-state index is -3.84. The Bertz CT molecular complexity index is 1260. The third kappa shape index (κ3) is 3.96. The standard InChI is InChI=1S/C18H14FN5O3S2/c1-27-15-6-5-12(19)10-14(15)16-7-8-17(28-16)29(25,26)22-13-4-2-3-11(9-13)18-20-23-24-21-18/h2-10,22H,1H3,(H,20,21,23,24). The van der Waals surface area contributed by atoms with Gasteiger partial charge >= 0.3 is 0 Å². The van der Waals surface area contributed by atoms with E-state index in [1.165, 1.54) is 31.4 Å². The molecule has 0 aliphatic heterocycles. The Hall–Kier alpha value is -3.31. The Morgan fingerprint density at radius 3 is 2.76 bits per heavy atom. The first kappa shape index (κ1) is 19.0. The van der Waals surface area contributed by atoms with Crippen molar-refractivity contribution in [1.29, 1.82) is 0 Å². The molecule has 0 aliphatic carbocycles. The molecule has 2 aromatic heterocycles. The van der Waals surface area contributed by atoms with E-state index in [4.69, 9.17) is 4.74 Å². The van der Waals surface area contributed by atoms with Crippen LogP contribution in [0.2, 0.25) is 0 Å². The number of methoxy groups -OCH3 is 1. The Labute approximate surface area is 169 Å². The lowest BCUT2D eigenvalue weighted by molar-refractivity contribution is 0.415. The van der Waals surface area contributed by atoms with Crippen LogP contribution in [0.15, 0.2) is 58.8 Å². The number of tetrazole rings is 1. The fraction of sp³-hybridized carbons (Fsp3) is 0.0556. The second-order valence-corrected chi connectivity index (χ2v) is 8.89. The van der Waals surface area contributed by atoms with Gasteiger partial charge in [0.2, 0.25) is 0 Å². The second kappa shape index (κ2) is 7.60. The zero-order valence-corrected chi connectivity index (χ0v) is 16.6. The molecule has 8 nitrogen and oxygen atoms in total. The molecule has 0 saturated heterocycles. The van der Waals surface area contributed by atoms with Crippen LogP contribution in [0.5, 0.6) is 5.75 Å². The van der Waals surface area contributed by atoms with Crippen molar-refractivity contribution in [2.75, 3.05) is 11.8 Å². The van der Waals surface area contributed by atoms with Crippen LogP contribution in [0, 0.1) is 5.82 Å². The summed E-state index contributed by atoms with van der Waals surface area (Å²) in [5.41, 5.74) is 1.47. The minimum absolute atomic E-state index is 0.0885. The summed E-state index contributed by atoms with van der Waals surface area (Å²) < 4.78 is 47.2. The van der Waals surface area contributed by atoms with Crippen LogP contribution >= 0.6 is 11.3 Å².